The van der Waals surface area contributed by atoms with Crippen LogP contribution in [0.15, 0.2) is 90.5 Å². The first-order chi connectivity index (χ1) is 19.0. The minimum absolute atomic E-state index is 0.185. The Kier molecular flexibility index (Phi) is 7.27. The molecule has 0 aromatic heterocycles. The van der Waals surface area contributed by atoms with Crippen LogP contribution in [0.3, 0.4) is 0 Å². The Balaban J connectivity index is 1.38. The Morgan fingerprint density at radius 3 is 2.38 bits per heavy atom. The zero-order valence-corrected chi connectivity index (χ0v) is 21.5. The quantitative estimate of drug-likeness (QED) is 0.243. The van der Waals surface area contributed by atoms with Gasteiger partial charge in [0.05, 0.1) is 19.4 Å². The highest BCUT2D eigenvalue weighted by atomic mass is 16.5. The number of imide groups is 2. The van der Waals surface area contributed by atoms with Gasteiger partial charge < -0.3 is 14.2 Å². The van der Waals surface area contributed by atoms with E-state index in [1.54, 1.807) is 42.5 Å². The fraction of sp³-hybridized carbons (Fsp3) is 0.129. The van der Waals surface area contributed by atoms with Crippen molar-refractivity contribution < 1.29 is 28.6 Å². The molecule has 0 spiro atoms. The Bertz CT molecular complexity index is 1590. The maximum Gasteiger partial charge on any atom is 0.335 e. The third kappa shape index (κ3) is 5.31. The number of hydrogen-bond acceptors (Lipinski definition) is 6. The summed E-state index contributed by atoms with van der Waals surface area (Å²) in [6.07, 6.45) is 1.42. The molecule has 5 rings (SSSR count). The molecule has 0 aliphatic carbocycles. The predicted octanol–water partition coefficient (Wildman–Crippen LogP) is 5.49. The van der Waals surface area contributed by atoms with Crippen molar-refractivity contribution in [3.8, 4) is 17.2 Å². The highest BCUT2D eigenvalue weighted by Gasteiger charge is 2.36. The average molecular weight is 523 g/mol. The zero-order valence-electron chi connectivity index (χ0n) is 21.5. The van der Waals surface area contributed by atoms with Crippen LogP contribution in [0.5, 0.6) is 17.2 Å². The van der Waals surface area contributed by atoms with E-state index in [1.807, 2.05) is 37.3 Å². The summed E-state index contributed by atoms with van der Waals surface area (Å²) >= 11 is 0. The number of methoxy groups -OCH3 is 1. The van der Waals surface area contributed by atoms with E-state index in [0.29, 0.717) is 41.7 Å². The standard InChI is InChI=1S/C31H26N2O6/c1-3-38-24-14-12-23(13-15-24)33-30(35)26(29(34)32-31(33)36)17-20-11-16-27(28(18-20)37-2)39-19-22-9-6-8-21-7-4-5-10-25(21)22/h4-18H,3,19H2,1-2H3,(H,32,34,36)/b26-17+. The maximum absolute atomic E-state index is 13.2. The summed E-state index contributed by atoms with van der Waals surface area (Å²) < 4.78 is 17.0. The molecule has 8 nitrogen and oxygen atoms in total. The topological polar surface area (TPSA) is 94.2 Å². The van der Waals surface area contributed by atoms with Gasteiger partial charge in [-0.2, -0.15) is 0 Å². The van der Waals surface area contributed by atoms with Crippen LogP contribution in [0, 0.1) is 0 Å². The molecule has 1 N–H and O–H groups in total. The minimum Gasteiger partial charge on any atom is -0.494 e. The van der Waals surface area contributed by atoms with Gasteiger partial charge in [0.25, 0.3) is 11.8 Å². The molecular formula is C31H26N2O6. The molecule has 1 aliphatic rings. The molecule has 4 aromatic rings. The van der Waals surface area contributed by atoms with E-state index >= 15 is 0 Å². The average Bonchev–Trinajstić information content (AvgIpc) is 2.95. The highest BCUT2D eigenvalue weighted by molar-refractivity contribution is 6.39. The number of hydrogen-bond donors (Lipinski definition) is 1. The molecule has 4 amide bonds. The fourth-order valence-corrected chi connectivity index (χ4v) is 4.38. The van der Waals surface area contributed by atoms with Crippen LogP contribution in [0.1, 0.15) is 18.1 Å². The van der Waals surface area contributed by atoms with Crippen LogP contribution in [0.25, 0.3) is 16.8 Å². The first-order valence-corrected chi connectivity index (χ1v) is 12.4. The Morgan fingerprint density at radius 1 is 0.846 bits per heavy atom. The number of benzene rings is 4. The Hall–Kier alpha value is -5.11. The summed E-state index contributed by atoms with van der Waals surface area (Å²) in [7, 11) is 1.52. The van der Waals surface area contributed by atoms with Gasteiger partial charge in [0.15, 0.2) is 11.5 Å². The molecule has 196 valence electrons. The summed E-state index contributed by atoms with van der Waals surface area (Å²) in [6.45, 7) is 2.68. The van der Waals surface area contributed by atoms with E-state index in [4.69, 9.17) is 14.2 Å². The second kappa shape index (κ2) is 11.1. The summed E-state index contributed by atoms with van der Waals surface area (Å²) in [6, 6.07) is 24.9. The number of ether oxygens (including phenoxy) is 3. The lowest BCUT2D eigenvalue weighted by atomic mass is 10.1. The second-order valence-corrected chi connectivity index (χ2v) is 8.72. The number of anilines is 1. The van der Waals surface area contributed by atoms with Crippen LogP contribution < -0.4 is 24.4 Å². The van der Waals surface area contributed by atoms with Gasteiger partial charge in [0.1, 0.15) is 17.9 Å². The molecule has 1 heterocycles. The summed E-state index contributed by atoms with van der Waals surface area (Å²) in [5.41, 5.74) is 1.69. The van der Waals surface area contributed by atoms with E-state index in [0.717, 1.165) is 21.2 Å². The number of nitrogens with zero attached hydrogens (tertiary/aromatic N) is 1. The number of barbiturate groups is 1. The lowest BCUT2D eigenvalue weighted by Crippen LogP contribution is -2.54. The lowest BCUT2D eigenvalue weighted by molar-refractivity contribution is -0.122. The molecule has 0 radical (unpaired) electrons. The molecule has 1 saturated heterocycles. The van der Waals surface area contributed by atoms with E-state index in [2.05, 4.69) is 17.4 Å². The monoisotopic (exact) mass is 522 g/mol. The Labute approximate surface area is 225 Å². The number of rotatable bonds is 8. The maximum atomic E-state index is 13.2. The van der Waals surface area contributed by atoms with Crippen LogP contribution in [0.2, 0.25) is 0 Å². The van der Waals surface area contributed by atoms with Crippen molar-refractivity contribution in [3.63, 3.8) is 0 Å². The molecule has 1 aliphatic heterocycles. The largest absolute Gasteiger partial charge is 0.494 e. The van der Waals surface area contributed by atoms with E-state index in [-0.39, 0.29) is 5.57 Å². The smallest absolute Gasteiger partial charge is 0.335 e. The minimum atomic E-state index is -0.818. The van der Waals surface area contributed by atoms with Crippen LogP contribution in [-0.4, -0.2) is 31.6 Å². The zero-order chi connectivity index (χ0) is 27.4. The Morgan fingerprint density at radius 2 is 1.62 bits per heavy atom. The molecule has 1 fully saturated rings. The van der Waals surface area contributed by atoms with Gasteiger partial charge in [-0.3, -0.25) is 14.9 Å². The number of nitrogens with one attached hydrogen (secondary N) is 1. The first-order valence-electron chi connectivity index (χ1n) is 12.4. The number of carbonyl (C=O) groups excluding carboxylic acids is 3. The number of amides is 4. The van der Waals surface area contributed by atoms with E-state index < -0.39 is 17.8 Å². The van der Waals surface area contributed by atoms with Crippen LogP contribution in [-0.2, 0) is 16.2 Å². The van der Waals surface area contributed by atoms with Crippen molar-refractivity contribution in [1.82, 2.24) is 5.32 Å². The molecule has 0 bridgehead atoms. The number of urea groups is 1. The SMILES string of the molecule is CCOc1ccc(N2C(=O)NC(=O)/C(=C\c3ccc(OCc4cccc5ccccc45)c(OC)c3)C2=O)cc1. The van der Waals surface area contributed by atoms with Gasteiger partial charge in [0.2, 0.25) is 0 Å². The molecule has 39 heavy (non-hydrogen) atoms. The van der Waals surface area contributed by atoms with Crippen molar-refractivity contribution in [3.05, 3.63) is 102 Å². The van der Waals surface area contributed by atoms with E-state index in [9.17, 15) is 14.4 Å². The van der Waals surface area contributed by atoms with Gasteiger partial charge >= 0.3 is 6.03 Å². The van der Waals surface area contributed by atoms with Gasteiger partial charge in [-0.25, -0.2) is 9.69 Å². The summed E-state index contributed by atoms with van der Waals surface area (Å²) in [5, 5.41) is 4.46. The molecular weight excluding hydrogens is 496 g/mol. The van der Waals surface area contributed by atoms with E-state index in [1.165, 1.54) is 13.2 Å². The number of carbonyl (C=O) groups is 3. The normalized spacial score (nSPS) is 14.5. The van der Waals surface area contributed by atoms with Crippen LogP contribution >= 0.6 is 0 Å². The van der Waals surface area contributed by atoms with Crippen LogP contribution in [0.4, 0.5) is 10.5 Å². The van der Waals surface area contributed by atoms with Gasteiger partial charge in [-0.15, -0.1) is 0 Å². The summed E-state index contributed by atoms with van der Waals surface area (Å²) in [5.74, 6) is 0.0457. The third-order valence-electron chi connectivity index (χ3n) is 6.27. The van der Waals surface area contributed by atoms with Crippen molar-refractivity contribution in [2.45, 2.75) is 13.5 Å². The number of fused-ring (bicyclic) bond motifs is 1. The van der Waals surface area contributed by atoms with Crippen molar-refractivity contribution in [2.75, 3.05) is 18.6 Å². The second-order valence-electron chi connectivity index (χ2n) is 8.72. The molecule has 4 aromatic carbocycles. The molecule has 0 saturated carbocycles. The molecule has 0 unspecified atom stereocenters. The fourth-order valence-electron chi connectivity index (χ4n) is 4.38. The predicted molar refractivity (Wildman–Crippen MR) is 148 cm³/mol. The van der Waals surface area contributed by atoms with Crippen molar-refractivity contribution in [1.29, 1.82) is 0 Å². The first kappa shape index (κ1) is 25.5. The van der Waals surface area contributed by atoms with Crippen molar-refractivity contribution >= 4 is 40.4 Å². The molecule has 0 atom stereocenters. The lowest BCUT2D eigenvalue weighted by Gasteiger charge is -2.26. The van der Waals surface area contributed by atoms with Gasteiger partial charge in [-0.05, 0) is 71.3 Å². The third-order valence-corrected chi connectivity index (χ3v) is 6.27. The highest BCUT2D eigenvalue weighted by Crippen LogP contribution is 2.31. The van der Waals surface area contributed by atoms with Crippen molar-refractivity contribution in [2.24, 2.45) is 0 Å². The van der Waals surface area contributed by atoms with Gasteiger partial charge in [0, 0.05) is 0 Å². The summed E-state index contributed by atoms with van der Waals surface area (Å²) in [4.78, 5) is 39.3. The van der Waals surface area contributed by atoms with Gasteiger partial charge in [-0.1, -0.05) is 48.5 Å². The molecule has 8 heteroatoms.